The van der Waals surface area contributed by atoms with Gasteiger partial charge in [-0.2, -0.15) is 8.42 Å². The van der Waals surface area contributed by atoms with Crippen molar-refractivity contribution < 1.29 is 16.8 Å². The van der Waals surface area contributed by atoms with Crippen LogP contribution in [0.1, 0.15) is 0 Å². The summed E-state index contributed by atoms with van der Waals surface area (Å²) in [5.41, 5.74) is 0.142. The van der Waals surface area contributed by atoms with Crippen molar-refractivity contribution in [1.29, 1.82) is 0 Å². The Morgan fingerprint density at radius 2 is 1.95 bits per heavy atom. The van der Waals surface area contributed by atoms with E-state index in [0.717, 1.165) is 10.4 Å². The van der Waals surface area contributed by atoms with Crippen LogP contribution in [0.3, 0.4) is 0 Å². The molecule has 0 saturated heterocycles. The summed E-state index contributed by atoms with van der Waals surface area (Å²) < 4.78 is 52.8. The molecule has 116 valence electrons. The van der Waals surface area contributed by atoms with Crippen molar-refractivity contribution in [1.82, 2.24) is 4.31 Å². The highest BCUT2D eigenvalue weighted by Crippen LogP contribution is 2.35. The summed E-state index contributed by atoms with van der Waals surface area (Å²) in [6, 6.07) is 2.22. The molecule has 1 aliphatic rings. The van der Waals surface area contributed by atoms with Crippen LogP contribution < -0.4 is 5.32 Å². The molecule has 11 heteroatoms. The van der Waals surface area contributed by atoms with Crippen LogP contribution in [0.2, 0.25) is 5.02 Å². The molecule has 1 aromatic rings. The van der Waals surface area contributed by atoms with Crippen LogP contribution in [0, 0.1) is 0 Å². The lowest BCUT2D eigenvalue weighted by molar-refractivity contribution is 0.520. The smallest absolute Gasteiger partial charge is 0.286 e. The van der Waals surface area contributed by atoms with Gasteiger partial charge in [0.1, 0.15) is 15.6 Å². The van der Waals surface area contributed by atoms with Crippen LogP contribution in [-0.4, -0.2) is 47.0 Å². The van der Waals surface area contributed by atoms with Gasteiger partial charge in [0.25, 0.3) is 10.0 Å². The monoisotopic (exact) mass is 371 g/mol. The fraction of sp³-hybridized carbons (Fsp3) is 0.300. The zero-order chi connectivity index (χ0) is 16.0. The largest absolute Gasteiger partial charge is 0.341 e. The minimum Gasteiger partial charge on any atom is -0.341 e. The predicted molar refractivity (Wildman–Crippen MR) is 81.3 cm³/mol. The van der Waals surface area contributed by atoms with Crippen molar-refractivity contribution in [3.8, 4) is 0 Å². The third kappa shape index (κ3) is 2.88. The van der Waals surface area contributed by atoms with Crippen molar-refractivity contribution >= 4 is 54.8 Å². The number of nitrogens with one attached hydrogen (secondary N) is 1. The molecule has 0 spiro atoms. The number of fused-ring (bicyclic) bond motifs is 1. The molecule has 0 aromatic heterocycles. The molecule has 0 unspecified atom stereocenters. The van der Waals surface area contributed by atoms with Crippen molar-refractivity contribution in [2.45, 2.75) is 9.79 Å². The van der Waals surface area contributed by atoms with Gasteiger partial charge in [-0.1, -0.05) is 11.6 Å². The van der Waals surface area contributed by atoms with E-state index in [1.54, 1.807) is 0 Å². The second-order valence-electron chi connectivity index (χ2n) is 4.34. The second kappa shape index (κ2) is 5.40. The summed E-state index contributed by atoms with van der Waals surface area (Å²) in [5.74, 6) is -0.0861. The molecule has 1 aliphatic heterocycles. The Hall–Kier alpha value is -0.870. The number of rotatable bonds is 3. The van der Waals surface area contributed by atoms with Gasteiger partial charge in [0.2, 0.25) is 10.0 Å². The Balaban J connectivity index is 2.73. The van der Waals surface area contributed by atoms with Crippen LogP contribution in [0.25, 0.3) is 0 Å². The highest BCUT2D eigenvalue weighted by Gasteiger charge is 2.30. The number of hydrogen-bond donors (Lipinski definition) is 1. The normalized spacial score (nSPS) is 17.1. The van der Waals surface area contributed by atoms with Crippen LogP contribution in [0.15, 0.2) is 26.3 Å². The Morgan fingerprint density at radius 1 is 1.33 bits per heavy atom. The minimum atomic E-state index is -4.03. The van der Waals surface area contributed by atoms with Gasteiger partial charge in [-0.3, -0.25) is 0 Å². The van der Waals surface area contributed by atoms with E-state index in [4.69, 9.17) is 23.2 Å². The molecular formula is C10H11Cl2N3O4S2. The standard InChI is InChI=1S/C10H11Cl2N3O4S2/c1-15(2)21(18,19)8-4-9-7(3-6(8)12)13-10(5-11)14-20(9,16)17/h3-4H,5H2,1-2H3,(H,13,14). The van der Waals surface area contributed by atoms with Crippen molar-refractivity contribution in [2.24, 2.45) is 4.40 Å². The number of benzene rings is 1. The molecule has 0 aliphatic carbocycles. The minimum absolute atomic E-state index is 0.0449. The SMILES string of the molecule is CN(C)S(=O)(=O)c1cc2c(cc1Cl)NC(CCl)=NS2(=O)=O. The van der Waals surface area contributed by atoms with Gasteiger partial charge < -0.3 is 5.32 Å². The molecule has 21 heavy (non-hydrogen) atoms. The van der Waals surface area contributed by atoms with Crippen molar-refractivity contribution in [3.05, 3.63) is 17.2 Å². The quantitative estimate of drug-likeness (QED) is 0.808. The van der Waals surface area contributed by atoms with E-state index in [0.29, 0.717) is 0 Å². The van der Waals surface area contributed by atoms with Crippen LogP contribution in [0.4, 0.5) is 5.69 Å². The average Bonchev–Trinajstić information content (AvgIpc) is 2.36. The van der Waals surface area contributed by atoms with E-state index < -0.39 is 20.0 Å². The summed E-state index contributed by atoms with van der Waals surface area (Å²) in [4.78, 5) is -0.566. The Bertz CT molecular complexity index is 832. The first kappa shape index (κ1) is 16.5. The molecule has 1 N–H and O–H groups in total. The first-order valence-electron chi connectivity index (χ1n) is 5.52. The Labute approximate surface area is 132 Å². The van der Waals surface area contributed by atoms with Crippen LogP contribution in [0.5, 0.6) is 0 Å². The molecule has 0 radical (unpaired) electrons. The zero-order valence-corrected chi connectivity index (χ0v) is 14.1. The molecular weight excluding hydrogens is 361 g/mol. The maximum Gasteiger partial charge on any atom is 0.286 e. The van der Waals surface area contributed by atoms with E-state index >= 15 is 0 Å². The number of anilines is 1. The molecule has 1 aromatic carbocycles. The van der Waals surface area contributed by atoms with E-state index in [2.05, 4.69) is 9.71 Å². The number of halogens is 2. The molecule has 1 heterocycles. The Morgan fingerprint density at radius 3 is 2.48 bits per heavy atom. The number of alkyl halides is 1. The van der Waals surface area contributed by atoms with Crippen molar-refractivity contribution in [3.63, 3.8) is 0 Å². The second-order valence-corrected chi connectivity index (χ2v) is 8.71. The predicted octanol–water partition coefficient (Wildman–Crippen LogP) is 1.34. The average molecular weight is 372 g/mol. The van der Waals surface area contributed by atoms with Crippen LogP contribution in [-0.2, 0) is 20.0 Å². The summed E-state index contributed by atoms with van der Waals surface area (Å²) in [6.45, 7) is 0. The summed E-state index contributed by atoms with van der Waals surface area (Å²) in [5, 5.41) is 2.60. The van der Waals surface area contributed by atoms with Gasteiger partial charge in [0.15, 0.2) is 0 Å². The lowest BCUT2D eigenvalue weighted by atomic mass is 10.3. The van der Waals surface area contributed by atoms with E-state index in [-0.39, 0.29) is 32.2 Å². The van der Waals surface area contributed by atoms with E-state index in [9.17, 15) is 16.8 Å². The van der Waals surface area contributed by atoms with Gasteiger partial charge in [-0.25, -0.2) is 12.7 Å². The van der Waals surface area contributed by atoms with Gasteiger partial charge in [0.05, 0.1) is 16.6 Å². The fourth-order valence-corrected chi connectivity index (χ4v) is 4.52. The van der Waals surface area contributed by atoms with Gasteiger partial charge in [-0.15, -0.1) is 16.0 Å². The summed E-state index contributed by atoms with van der Waals surface area (Å²) >= 11 is 11.5. The topological polar surface area (TPSA) is 95.9 Å². The maximum absolute atomic E-state index is 12.1. The highest BCUT2D eigenvalue weighted by atomic mass is 35.5. The first-order valence-corrected chi connectivity index (χ1v) is 9.32. The maximum atomic E-state index is 12.1. The van der Waals surface area contributed by atoms with E-state index in [1.165, 1.54) is 20.2 Å². The summed E-state index contributed by atoms with van der Waals surface area (Å²) in [6.07, 6.45) is 0. The first-order chi connectivity index (χ1) is 9.59. The van der Waals surface area contributed by atoms with E-state index in [1.807, 2.05) is 0 Å². The third-order valence-corrected chi connectivity index (χ3v) is 6.59. The number of sulfonamides is 2. The highest BCUT2D eigenvalue weighted by molar-refractivity contribution is 7.91. The summed E-state index contributed by atoms with van der Waals surface area (Å²) in [7, 11) is -5.26. The number of hydrogen-bond acceptors (Lipinski definition) is 5. The number of amidine groups is 1. The zero-order valence-electron chi connectivity index (χ0n) is 11.0. The molecule has 0 amide bonds. The van der Waals surface area contributed by atoms with Gasteiger partial charge in [0, 0.05) is 14.1 Å². The fourth-order valence-electron chi connectivity index (χ4n) is 1.67. The molecule has 0 bridgehead atoms. The Kier molecular flexibility index (Phi) is 4.24. The van der Waals surface area contributed by atoms with Gasteiger partial charge >= 0.3 is 0 Å². The molecule has 0 atom stereocenters. The van der Waals surface area contributed by atoms with Crippen LogP contribution >= 0.6 is 23.2 Å². The van der Waals surface area contributed by atoms with Crippen molar-refractivity contribution in [2.75, 3.05) is 25.3 Å². The number of nitrogens with zero attached hydrogens (tertiary/aromatic N) is 2. The molecule has 7 nitrogen and oxygen atoms in total. The molecule has 2 rings (SSSR count). The third-order valence-electron chi connectivity index (χ3n) is 2.71. The lowest BCUT2D eigenvalue weighted by Gasteiger charge is -2.20. The van der Waals surface area contributed by atoms with Gasteiger partial charge in [-0.05, 0) is 12.1 Å². The molecule has 0 fully saturated rings. The molecule has 0 saturated carbocycles. The lowest BCUT2D eigenvalue weighted by Crippen LogP contribution is -2.25.